The molecule has 122 valence electrons. The molecular weight excluding hydrogens is 337 g/mol. The van der Waals surface area contributed by atoms with Crippen LogP contribution in [-0.4, -0.2) is 40.6 Å². The van der Waals surface area contributed by atoms with E-state index in [1.54, 1.807) is 23.9 Å². The van der Waals surface area contributed by atoms with Crippen molar-refractivity contribution in [2.24, 2.45) is 0 Å². The van der Waals surface area contributed by atoms with Gasteiger partial charge in [0.25, 0.3) is 0 Å². The van der Waals surface area contributed by atoms with Gasteiger partial charge in [-0.3, -0.25) is 0 Å². The molecule has 0 amide bonds. The van der Waals surface area contributed by atoms with Gasteiger partial charge in [-0.1, -0.05) is 18.2 Å². The SMILES string of the molecule is CSC1COC(C=Cc2ccc(S(=O)(F)=C(F)F)cc2)OC1. The Labute approximate surface area is 131 Å². The Hall–Kier alpha value is -0.960. The van der Waals surface area contributed by atoms with Gasteiger partial charge in [0.15, 0.2) is 6.29 Å². The lowest BCUT2D eigenvalue weighted by Crippen LogP contribution is -2.32. The lowest BCUT2D eigenvalue weighted by Gasteiger charge is -2.26. The predicted molar refractivity (Wildman–Crippen MR) is 83.2 cm³/mol. The number of benzene rings is 1. The van der Waals surface area contributed by atoms with Crippen molar-refractivity contribution in [2.45, 2.75) is 16.4 Å². The van der Waals surface area contributed by atoms with Gasteiger partial charge in [-0.25, -0.2) is 4.21 Å². The fourth-order valence-corrected chi connectivity index (χ4v) is 2.87. The summed E-state index contributed by atoms with van der Waals surface area (Å²) in [7, 11) is -4.88. The summed E-state index contributed by atoms with van der Waals surface area (Å²) < 4.78 is 59.9. The van der Waals surface area contributed by atoms with Crippen molar-refractivity contribution in [2.75, 3.05) is 19.5 Å². The third kappa shape index (κ3) is 4.28. The molecule has 1 atom stereocenters. The van der Waals surface area contributed by atoms with Gasteiger partial charge >= 0.3 is 5.37 Å². The van der Waals surface area contributed by atoms with E-state index in [0.717, 1.165) is 12.1 Å². The molecule has 8 heteroatoms. The third-order valence-electron chi connectivity index (χ3n) is 3.05. The molecule has 2 rings (SSSR count). The number of ether oxygens (including phenoxy) is 2. The highest BCUT2D eigenvalue weighted by Gasteiger charge is 2.19. The highest BCUT2D eigenvalue weighted by atomic mass is 32.2. The summed E-state index contributed by atoms with van der Waals surface area (Å²) in [6, 6.07) is 4.96. The molecule has 1 heterocycles. The first kappa shape index (κ1) is 17.4. The molecule has 0 saturated carbocycles. The Balaban J connectivity index is 2.02. The average molecular weight is 352 g/mol. The smallest absolute Gasteiger partial charge is 0.348 e. The predicted octanol–water partition coefficient (Wildman–Crippen LogP) is 3.36. The zero-order valence-electron chi connectivity index (χ0n) is 11.7. The second kappa shape index (κ2) is 7.54. The Morgan fingerprint density at radius 3 is 2.36 bits per heavy atom. The molecule has 1 aromatic carbocycles. The zero-order chi connectivity index (χ0) is 16.2. The molecule has 1 unspecified atom stereocenters. The molecule has 1 aliphatic rings. The fraction of sp³-hybridized carbons (Fsp3) is 0.357. The van der Waals surface area contributed by atoms with Crippen molar-refractivity contribution in [1.29, 1.82) is 0 Å². The molecule has 1 saturated heterocycles. The first-order valence-corrected chi connectivity index (χ1v) is 9.14. The minimum absolute atomic E-state index is 0.313. The maximum absolute atomic E-state index is 13.3. The van der Waals surface area contributed by atoms with Crippen LogP contribution in [0, 0.1) is 0 Å². The van der Waals surface area contributed by atoms with E-state index in [2.05, 4.69) is 0 Å². The molecule has 0 aliphatic carbocycles. The standard InChI is InChI=1S/C14H15F3O3S2/c1-21-11-8-19-13(20-9-11)7-4-10-2-5-12(6-3-10)22(17,18)14(15)16/h2-7,11,13H,8-9H2,1H3. The minimum Gasteiger partial charge on any atom is -0.348 e. The Bertz CT molecular complexity index is 640. The maximum atomic E-state index is 13.3. The van der Waals surface area contributed by atoms with Crippen molar-refractivity contribution >= 4 is 33.1 Å². The fourth-order valence-electron chi connectivity index (χ4n) is 1.78. The molecule has 0 radical (unpaired) electrons. The normalized spacial score (nSPS) is 25.1. The first-order valence-electron chi connectivity index (χ1n) is 6.39. The van der Waals surface area contributed by atoms with Gasteiger partial charge in [0, 0.05) is 0 Å². The molecule has 1 aromatic rings. The summed E-state index contributed by atoms with van der Waals surface area (Å²) in [6.45, 7) is 1.18. The van der Waals surface area contributed by atoms with Crippen molar-refractivity contribution < 1.29 is 26.3 Å². The number of rotatable bonds is 4. The van der Waals surface area contributed by atoms with Crippen LogP contribution in [0.4, 0.5) is 12.7 Å². The van der Waals surface area contributed by atoms with Crippen LogP contribution in [0.1, 0.15) is 5.56 Å². The van der Waals surface area contributed by atoms with Crippen molar-refractivity contribution in [3.8, 4) is 0 Å². The summed E-state index contributed by atoms with van der Waals surface area (Å²) in [5.74, 6) is 0. The minimum atomic E-state index is -4.88. The van der Waals surface area contributed by atoms with Crippen LogP contribution in [0.25, 0.3) is 6.08 Å². The molecule has 0 aromatic heterocycles. The van der Waals surface area contributed by atoms with E-state index in [9.17, 15) is 16.9 Å². The van der Waals surface area contributed by atoms with Crippen molar-refractivity contribution in [3.63, 3.8) is 0 Å². The maximum Gasteiger partial charge on any atom is 0.355 e. The van der Waals surface area contributed by atoms with E-state index in [0.29, 0.717) is 24.0 Å². The lowest BCUT2D eigenvalue weighted by molar-refractivity contribution is -0.145. The van der Waals surface area contributed by atoms with E-state index in [1.165, 1.54) is 12.1 Å². The van der Waals surface area contributed by atoms with Gasteiger partial charge in [0.05, 0.1) is 23.4 Å². The van der Waals surface area contributed by atoms with Crippen LogP contribution >= 0.6 is 11.8 Å². The molecule has 1 aliphatic heterocycles. The van der Waals surface area contributed by atoms with Gasteiger partial charge < -0.3 is 9.47 Å². The van der Waals surface area contributed by atoms with Crippen LogP contribution in [0.5, 0.6) is 0 Å². The number of hydrogen-bond acceptors (Lipinski definition) is 4. The average Bonchev–Trinajstić information content (AvgIpc) is 2.53. The first-order chi connectivity index (χ1) is 10.4. The molecule has 0 bridgehead atoms. The van der Waals surface area contributed by atoms with Gasteiger partial charge in [0.1, 0.15) is 0 Å². The molecule has 0 spiro atoms. The monoisotopic (exact) mass is 352 g/mol. The third-order valence-corrected chi connectivity index (χ3v) is 5.27. The van der Waals surface area contributed by atoms with E-state index in [1.807, 2.05) is 6.26 Å². The summed E-state index contributed by atoms with van der Waals surface area (Å²) in [5, 5.41) is -2.41. The van der Waals surface area contributed by atoms with E-state index < -0.39 is 26.5 Å². The molecule has 22 heavy (non-hydrogen) atoms. The number of thioether (sulfide) groups is 1. The van der Waals surface area contributed by atoms with E-state index >= 15 is 0 Å². The molecular formula is C14H15F3O3S2. The summed E-state index contributed by atoms with van der Waals surface area (Å²) in [4.78, 5) is -0.544. The van der Waals surface area contributed by atoms with Crippen LogP contribution < -0.4 is 0 Å². The Morgan fingerprint density at radius 1 is 1.27 bits per heavy atom. The summed E-state index contributed by atoms with van der Waals surface area (Å²) >= 11 is 1.67. The van der Waals surface area contributed by atoms with Crippen molar-refractivity contribution in [3.05, 3.63) is 35.9 Å². The van der Waals surface area contributed by atoms with Crippen LogP contribution in [-0.2, 0) is 19.4 Å². The van der Waals surface area contributed by atoms with Crippen molar-refractivity contribution in [1.82, 2.24) is 0 Å². The second-order valence-corrected chi connectivity index (χ2v) is 7.42. The largest absolute Gasteiger partial charge is 0.355 e. The summed E-state index contributed by atoms with van der Waals surface area (Å²) in [6.07, 6.45) is 4.87. The Morgan fingerprint density at radius 2 is 1.86 bits per heavy atom. The number of hydrogen-bond donors (Lipinski definition) is 0. The van der Waals surface area contributed by atoms with Gasteiger partial charge in [-0.15, -0.1) is 3.89 Å². The summed E-state index contributed by atoms with van der Waals surface area (Å²) in [5.41, 5.74) is 0.636. The zero-order valence-corrected chi connectivity index (χ0v) is 13.3. The van der Waals surface area contributed by atoms with E-state index in [-0.39, 0.29) is 0 Å². The van der Waals surface area contributed by atoms with E-state index in [4.69, 9.17) is 9.47 Å². The topological polar surface area (TPSA) is 35.5 Å². The van der Waals surface area contributed by atoms with Gasteiger partial charge in [0.2, 0.25) is 9.91 Å². The van der Waals surface area contributed by atoms with Crippen LogP contribution in [0.2, 0.25) is 0 Å². The molecule has 3 nitrogen and oxygen atoms in total. The van der Waals surface area contributed by atoms with Gasteiger partial charge in [-0.2, -0.15) is 20.5 Å². The van der Waals surface area contributed by atoms with Crippen LogP contribution in [0.3, 0.4) is 0 Å². The van der Waals surface area contributed by atoms with Gasteiger partial charge in [-0.05, 0) is 30.0 Å². The highest BCUT2D eigenvalue weighted by molar-refractivity contribution is 7.99. The number of halogens is 3. The highest BCUT2D eigenvalue weighted by Crippen LogP contribution is 2.19. The van der Waals surface area contributed by atoms with Crippen LogP contribution in [0.15, 0.2) is 35.2 Å². The second-order valence-electron chi connectivity index (χ2n) is 4.53. The quantitative estimate of drug-likeness (QED) is 0.615. The Kier molecular flexibility index (Phi) is 5.96. The lowest BCUT2D eigenvalue weighted by atomic mass is 10.2. The molecule has 1 fully saturated rings. The molecule has 0 N–H and O–H groups in total.